The lowest BCUT2D eigenvalue weighted by Gasteiger charge is -2.14. The fourth-order valence-electron chi connectivity index (χ4n) is 3.18. The molecule has 166 valence electrons. The van der Waals surface area contributed by atoms with Crippen LogP contribution in [0, 0.1) is 5.82 Å². The second-order valence-corrected chi connectivity index (χ2v) is 8.16. The fraction of sp³-hybridized carbons (Fsp3) is 0.150. The van der Waals surface area contributed by atoms with Gasteiger partial charge < -0.3 is 19.7 Å². The Hall–Kier alpha value is -3.37. The summed E-state index contributed by atoms with van der Waals surface area (Å²) in [6.07, 6.45) is 2.98. The van der Waals surface area contributed by atoms with Crippen molar-refractivity contribution in [2.45, 2.75) is 13.3 Å². The minimum absolute atomic E-state index is 0.0527. The van der Waals surface area contributed by atoms with E-state index in [0.717, 1.165) is 5.39 Å². The molecule has 3 aromatic heterocycles. The van der Waals surface area contributed by atoms with Crippen LogP contribution in [0.15, 0.2) is 54.9 Å². The van der Waals surface area contributed by atoms with Gasteiger partial charge in [0.15, 0.2) is 0 Å². The zero-order valence-corrected chi connectivity index (χ0v) is 17.7. The van der Waals surface area contributed by atoms with Crippen LogP contribution >= 0.6 is 7.82 Å². The molecule has 4 rings (SSSR count). The van der Waals surface area contributed by atoms with Crippen molar-refractivity contribution in [1.82, 2.24) is 24.6 Å². The molecule has 1 unspecified atom stereocenters. The average molecular weight is 458 g/mol. The first-order chi connectivity index (χ1) is 15.2. The van der Waals surface area contributed by atoms with Gasteiger partial charge in [0.05, 0.1) is 11.9 Å². The van der Waals surface area contributed by atoms with Crippen molar-refractivity contribution in [3.05, 3.63) is 71.9 Å². The number of nitrogens with zero attached hydrogens (tertiary/aromatic N) is 4. The highest BCUT2D eigenvalue weighted by Gasteiger charge is 2.16. The number of rotatable bonds is 7. The predicted molar refractivity (Wildman–Crippen MR) is 110 cm³/mol. The van der Waals surface area contributed by atoms with Gasteiger partial charge in [-0.25, -0.2) is 14.1 Å². The highest BCUT2D eigenvalue weighted by Crippen LogP contribution is 2.31. The van der Waals surface area contributed by atoms with Crippen molar-refractivity contribution in [3.63, 3.8) is 0 Å². The molecule has 0 aliphatic rings. The van der Waals surface area contributed by atoms with E-state index in [1.165, 1.54) is 23.1 Å². The summed E-state index contributed by atoms with van der Waals surface area (Å²) in [7, 11) is -3.16. The molecule has 1 amide bonds. The Morgan fingerprint density at radius 3 is 2.84 bits per heavy atom. The third-order valence-corrected chi connectivity index (χ3v) is 5.23. The fourth-order valence-corrected chi connectivity index (χ4v) is 3.45. The number of amides is 1. The first kappa shape index (κ1) is 21.8. The van der Waals surface area contributed by atoms with Gasteiger partial charge in [0.1, 0.15) is 23.9 Å². The van der Waals surface area contributed by atoms with Crippen molar-refractivity contribution in [2.24, 2.45) is 7.05 Å². The Bertz CT molecular complexity index is 1350. The predicted octanol–water partition coefficient (Wildman–Crippen LogP) is 1.94. The second kappa shape index (κ2) is 8.64. The van der Waals surface area contributed by atoms with Gasteiger partial charge in [0.25, 0.3) is 13.7 Å². The van der Waals surface area contributed by atoms with Gasteiger partial charge in [-0.3, -0.25) is 13.9 Å². The first-order valence-electron chi connectivity index (χ1n) is 9.40. The zero-order valence-electron chi connectivity index (χ0n) is 16.8. The maximum Gasteiger partial charge on any atom is 0.268 e. The van der Waals surface area contributed by atoms with E-state index in [4.69, 9.17) is 4.89 Å². The van der Waals surface area contributed by atoms with Crippen LogP contribution in [0.2, 0.25) is 0 Å². The number of benzene rings is 1. The van der Waals surface area contributed by atoms with E-state index in [-0.39, 0.29) is 18.3 Å². The first-order valence-corrected chi connectivity index (χ1v) is 10.9. The van der Waals surface area contributed by atoms with E-state index in [0.29, 0.717) is 28.2 Å². The van der Waals surface area contributed by atoms with Crippen LogP contribution in [0.25, 0.3) is 22.3 Å². The Morgan fingerprint density at radius 2 is 2.09 bits per heavy atom. The molecule has 12 heteroatoms. The van der Waals surface area contributed by atoms with Crippen molar-refractivity contribution in [1.29, 1.82) is 0 Å². The van der Waals surface area contributed by atoms with Crippen LogP contribution in [0.1, 0.15) is 16.1 Å². The van der Waals surface area contributed by atoms with Gasteiger partial charge in [0.2, 0.25) is 0 Å². The standard InChI is InChI=1S/C20H19FN5O5P/c1-25-18(20(27)22-9-14-4-2-3-5-16(14)21)8-13-6-7-17(24-19(13)25)15-10-23-26(11-15)12-31-32(28,29)30/h2-8,10-11H,9,12H2,1H3,(H,22,27)(H2,28,29,30)/p-1. The molecule has 2 N–H and O–H groups in total. The number of aromatic nitrogens is 4. The molecule has 4 aromatic rings. The molecule has 0 radical (unpaired) electrons. The molecule has 0 aliphatic carbocycles. The van der Waals surface area contributed by atoms with E-state index in [1.807, 2.05) is 0 Å². The lowest BCUT2D eigenvalue weighted by molar-refractivity contribution is -0.223. The summed E-state index contributed by atoms with van der Waals surface area (Å²) >= 11 is 0. The van der Waals surface area contributed by atoms with Crippen LogP contribution < -0.4 is 10.2 Å². The molecule has 0 saturated heterocycles. The Kier molecular flexibility index (Phi) is 5.90. The molecule has 10 nitrogen and oxygen atoms in total. The number of aryl methyl sites for hydroxylation is 1. The van der Waals surface area contributed by atoms with Gasteiger partial charge in [-0.2, -0.15) is 5.10 Å². The normalized spacial score (nSPS) is 13.2. The second-order valence-electron chi connectivity index (χ2n) is 6.97. The number of carbonyl (C=O) groups excluding carboxylic acids is 1. The van der Waals surface area contributed by atoms with Gasteiger partial charge in [0, 0.05) is 36.3 Å². The summed E-state index contributed by atoms with van der Waals surface area (Å²) in [4.78, 5) is 36.6. The summed E-state index contributed by atoms with van der Waals surface area (Å²) in [5, 5.41) is 7.41. The summed E-state index contributed by atoms with van der Waals surface area (Å²) in [5.41, 5.74) is 2.41. The van der Waals surface area contributed by atoms with Crippen molar-refractivity contribution < 1.29 is 28.1 Å². The summed E-state index contributed by atoms with van der Waals surface area (Å²) in [5.74, 6) is -0.759. The van der Waals surface area contributed by atoms with Gasteiger partial charge >= 0.3 is 0 Å². The van der Waals surface area contributed by atoms with Crippen LogP contribution in [0.3, 0.4) is 0 Å². The molecule has 0 fully saturated rings. The summed E-state index contributed by atoms with van der Waals surface area (Å²) in [6.45, 7) is -0.424. The largest absolute Gasteiger partial charge is 0.756 e. The number of phosphoric acid groups is 1. The van der Waals surface area contributed by atoms with Crippen molar-refractivity contribution in [2.75, 3.05) is 0 Å². The maximum atomic E-state index is 13.8. The molecular formula is C20H18FN5O5P-. The van der Waals surface area contributed by atoms with Crippen molar-refractivity contribution in [3.8, 4) is 11.3 Å². The summed E-state index contributed by atoms with van der Waals surface area (Å²) in [6, 6.07) is 11.4. The molecule has 1 aromatic carbocycles. The number of hydrogen-bond donors (Lipinski definition) is 2. The quantitative estimate of drug-likeness (QED) is 0.404. The van der Waals surface area contributed by atoms with Crippen LogP contribution in [0.4, 0.5) is 4.39 Å². The van der Waals surface area contributed by atoms with Gasteiger partial charge in [-0.05, 0) is 24.3 Å². The molecule has 0 saturated carbocycles. The maximum absolute atomic E-state index is 13.8. The topological polar surface area (TPSA) is 134 Å². The molecule has 1 atom stereocenters. The van der Waals surface area contributed by atoms with Gasteiger partial charge in [-0.1, -0.05) is 18.2 Å². The molecular weight excluding hydrogens is 440 g/mol. The molecule has 0 bridgehead atoms. The van der Waals surface area contributed by atoms with Crippen LogP contribution in [-0.4, -0.2) is 30.1 Å². The Morgan fingerprint density at radius 1 is 1.31 bits per heavy atom. The summed E-state index contributed by atoms with van der Waals surface area (Å²) < 4.78 is 31.6. The smallest absolute Gasteiger partial charge is 0.268 e. The van der Waals surface area contributed by atoms with E-state index < -0.39 is 14.6 Å². The van der Waals surface area contributed by atoms with Gasteiger partial charge in [-0.15, -0.1) is 0 Å². The lowest BCUT2D eigenvalue weighted by Crippen LogP contribution is -2.25. The van der Waals surface area contributed by atoms with Crippen LogP contribution in [-0.2, 0) is 29.4 Å². The number of nitrogens with one attached hydrogen (secondary N) is 1. The number of fused-ring (bicyclic) bond motifs is 1. The van der Waals surface area contributed by atoms with E-state index >= 15 is 0 Å². The van der Waals surface area contributed by atoms with Crippen LogP contribution in [0.5, 0.6) is 0 Å². The monoisotopic (exact) mass is 458 g/mol. The highest BCUT2D eigenvalue weighted by molar-refractivity contribution is 7.44. The molecule has 0 spiro atoms. The molecule has 32 heavy (non-hydrogen) atoms. The number of halogens is 1. The zero-order chi connectivity index (χ0) is 22.9. The minimum Gasteiger partial charge on any atom is -0.756 e. The minimum atomic E-state index is -4.86. The number of phosphoric ester groups is 1. The Labute approximate surface area is 181 Å². The molecule has 0 aliphatic heterocycles. The van der Waals surface area contributed by atoms with E-state index in [2.05, 4.69) is 19.9 Å². The highest BCUT2D eigenvalue weighted by atomic mass is 31.2. The lowest BCUT2D eigenvalue weighted by atomic mass is 10.2. The third kappa shape index (κ3) is 4.76. The van der Waals surface area contributed by atoms with Crippen molar-refractivity contribution >= 4 is 24.8 Å². The number of pyridine rings is 1. The number of hydrogen-bond acceptors (Lipinski definition) is 6. The Balaban J connectivity index is 1.53. The third-order valence-electron chi connectivity index (χ3n) is 4.79. The number of carbonyl (C=O) groups is 1. The SMILES string of the molecule is Cn1c(C(=O)NCc2ccccc2F)cc2ccc(-c3cnn(COP(=O)([O-])O)c3)nc21. The van der Waals surface area contributed by atoms with E-state index in [9.17, 15) is 18.6 Å². The average Bonchev–Trinajstić information content (AvgIpc) is 3.36. The molecule has 3 heterocycles. The van der Waals surface area contributed by atoms with E-state index in [1.54, 1.807) is 48.0 Å².